The van der Waals surface area contributed by atoms with E-state index < -0.39 is 23.7 Å². The van der Waals surface area contributed by atoms with E-state index in [-0.39, 0.29) is 5.56 Å². The van der Waals surface area contributed by atoms with Crippen molar-refractivity contribution in [3.8, 4) is 5.69 Å². The SMILES string of the molecule is CC(NC(=O)c1cccc(-n2cnnc2)c1)c1ccccc1C(F)(F)F. The molecule has 1 N–H and O–H groups in total. The fourth-order valence-corrected chi connectivity index (χ4v) is 2.63. The van der Waals surface area contributed by atoms with Crippen LogP contribution >= 0.6 is 0 Å². The molecule has 5 nitrogen and oxygen atoms in total. The van der Waals surface area contributed by atoms with Crippen LogP contribution in [0.5, 0.6) is 0 Å². The van der Waals surface area contributed by atoms with E-state index in [0.717, 1.165) is 6.07 Å². The highest BCUT2D eigenvalue weighted by atomic mass is 19.4. The van der Waals surface area contributed by atoms with Gasteiger partial charge >= 0.3 is 6.18 Å². The van der Waals surface area contributed by atoms with E-state index in [1.807, 2.05) is 0 Å². The summed E-state index contributed by atoms with van der Waals surface area (Å²) in [4.78, 5) is 12.5. The lowest BCUT2D eigenvalue weighted by Crippen LogP contribution is -2.28. The number of alkyl halides is 3. The molecule has 0 radical (unpaired) electrons. The number of hydrogen-bond acceptors (Lipinski definition) is 3. The van der Waals surface area contributed by atoms with Gasteiger partial charge in [-0.2, -0.15) is 13.2 Å². The predicted octanol–water partition coefficient (Wildman–Crippen LogP) is 3.78. The minimum Gasteiger partial charge on any atom is -0.346 e. The van der Waals surface area contributed by atoms with E-state index >= 15 is 0 Å². The van der Waals surface area contributed by atoms with Crippen molar-refractivity contribution < 1.29 is 18.0 Å². The summed E-state index contributed by atoms with van der Waals surface area (Å²) in [6.45, 7) is 1.52. The summed E-state index contributed by atoms with van der Waals surface area (Å²) < 4.78 is 41.1. The maximum Gasteiger partial charge on any atom is 0.416 e. The molecule has 0 bridgehead atoms. The number of nitrogens with one attached hydrogen (secondary N) is 1. The van der Waals surface area contributed by atoms with Crippen LogP contribution in [0.4, 0.5) is 13.2 Å². The Labute approximate surface area is 147 Å². The van der Waals surface area contributed by atoms with Crippen LogP contribution in [0.2, 0.25) is 0 Å². The Balaban J connectivity index is 1.82. The molecular weight excluding hydrogens is 345 g/mol. The standard InChI is InChI=1S/C18H15F3N4O/c1-12(15-7-2-3-8-16(15)18(19,20)21)24-17(26)13-5-4-6-14(9-13)25-10-22-23-11-25/h2-12H,1H3,(H,24,26). The van der Waals surface area contributed by atoms with E-state index in [1.165, 1.54) is 37.8 Å². The molecule has 3 rings (SSSR count). The van der Waals surface area contributed by atoms with Gasteiger partial charge in [-0.25, -0.2) is 0 Å². The fraction of sp³-hybridized carbons (Fsp3) is 0.167. The molecule has 3 aromatic rings. The van der Waals surface area contributed by atoms with Gasteiger partial charge in [0.25, 0.3) is 5.91 Å². The number of aromatic nitrogens is 3. The summed E-state index contributed by atoms with van der Waals surface area (Å²) in [6, 6.07) is 11.0. The number of benzene rings is 2. The normalized spacial score (nSPS) is 12.6. The van der Waals surface area contributed by atoms with Crippen molar-refractivity contribution in [3.05, 3.63) is 77.9 Å². The zero-order valence-corrected chi connectivity index (χ0v) is 13.7. The van der Waals surface area contributed by atoms with Crippen molar-refractivity contribution in [2.45, 2.75) is 19.1 Å². The van der Waals surface area contributed by atoms with Crippen molar-refractivity contribution in [1.82, 2.24) is 20.1 Å². The third-order valence-corrected chi connectivity index (χ3v) is 3.91. The average molecular weight is 360 g/mol. The molecule has 1 aromatic heterocycles. The van der Waals surface area contributed by atoms with E-state index in [4.69, 9.17) is 0 Å². The van der Waals surface area contributed by atoms with Crippen LogP contribution in [0, 0.1) is 0 Å². The molecule has 0 spiro atoms. The van der Waals surface area contributed by atoms with Crippen LogP contribution in [0.3, 0.4) is 0 Å². The first kappa shape index (κ1) is 17.7. The largest absolute Gasteiger partial charge is 0.416 e. The molecule has 1 heterocycles. The van der Waals surface area contributed by atoms with Gasteiger partial charge in [0.05, 0.1) is 11.6 Å². The summed E-state index contributed by atoms with van der Waals surface area (Å²) in [6.07, 6.45) is -1.51. The zero-order valence-electron chi connectivity index (χ0n) is 13.7. The Kier molecular flexibility index (Phi) is 4.75. The maximum absolute atomic E-state index is 13.2. The number of hydrogen-bond donors (Lipinski definition) is 1. The van der Waals surface area contributed by atoms with E-state index in [9.17, 15) is 18.0 Å². The van der Waals surface area contributed by atoms with Crippen molar-refractivity contribution in [1.29, 1.82) is 0 Å². The zero-order chi connectivity index (χ0) is 18.7. The van der Waals surface area contributed by atoms with Gasteiger partial charge in [-0.05, 0) is 36.8 Å². The average Bonchev–Trinajstić information content (AvgIpc) is 3.16. The van der Waals surface area contributed by atoms with Gasteiger partial charge in [0.15, 0.2) is 0 Å². The van der Waals surface area contributed by atoms with Gasteiger partial charge < -0.3 is 5.32 Å². The van der Waals surface area contributed by atoms with Gasteiger partial charge in [0, 0.05) is 11.3 Å². The summed E-state index contributed by atoms with van der Waals surface area (Å²) in [5.41, 5.74) is 0.257. The molecule has 0 saturated heterocycles. The summed E-state index contributed by atoms with van der Waals surface area (Å²) >= 11 is 0. The van der Waals surface area contributed by atoms with Crippen molar-refractivity contribution >= 4 is 5.91 Å². The second-order valence-corrected chi connectivity index (χ2v) is 5.70. The highest BCUT2D eigenvalue weighted by Crippen LogP contribution is 2.34. The minimum absolute atomic E-state index is 0.0170. The van der Waals surface area contributed by atoms with Crippen molar-refractivity contribution in [2.75, 3.05) is 0 Å². The van der Waals surface area contributed by atoms with Gasteiger partial charge in [-0.15, -0.1) is 10.2 Å². The third kappa shape index (κ3) is 3.74. The predicted molar refractivity (Wildman–Crippen MR) is 88.7 cm³/mol. The molecule has 1 amide bonds. The topological polar surface area (TPSA) is 59.8 Å². The molecule has 0 saturated carbocycles. The molecule has 1 atom stereocenters. The third-order valence-electron chi connectivity index (χ3n) is 3.91. The van der Waals surface area contributed by atoms with Gasteiger partial charge in [-0.3, -0.25) is 9.36 Å². The first-order valence-corrected chi connectivity index (χ1v) is 7.78. The van der Waals surface area contributed by atoms with Crippen LogP contribution in [0.1, 0.15) is 34.5 Å². The van der Waals surface area contributed by atoms with Crippen molar-refractivity contribution in [2.24, 2.45) is 0 Å². The summed E-state index contributed by atoms with van der Waals surface area (Å²) in [5, 5.41) is 10.0. The van der Waals surface area contributed by atoms with Crippen LogP contribution in [0.25, 0.3) is 5.69 Å². The van der Waals surface area contributed by atoms with Crippen LogP contribution in [0.15, 0.2) is 61.2 Å². The number of amides is 1. The number of rotatable bonds is 4. The van der Waals surface area contributed by atoms with E-state index in [0.29, 0.717) is 11.3 Å². The molecule has 1 unspecified atom stereocenters. The second kappa shape index (κ2) is 6.99. The molecule has 0 aliphatic carbocycles. The van der Waals surface area contributed by atoms with Gasteiger partial charge in [0.1, 0.15) is 12.7 Å². The second-order valence-electron chi connectivity index (χ2n) is 5.70. The fourth-order valence-electron chi connectivity index (χ4n) is 2.63. The Morgan fingerprint density at radius 1 is 1.08 bits per heavy atom. The summed E-state index contributed by atoms with van der Waals surface area (Å²) in [5.74, 6) is -0.468. The molecule has 0 aliphatic rings. The lowest BCUT2D eigenvalue weighted by molar-refractivity contribution is -0.138. The van der Waals surface area contributed by atoms with E-state index in [2.05, 4.69) is 15.5 Å². The summed E-state index contributed by atoms with van der Waals surface area (Å²) in [7, 11) is 0. The Morgan fingerprint density at radius 3 is 2.46 bits per heavy atom. The highest BCUT2D eigenvalue weighted by molar-refractivity contribution is 5.95. The molecule has 134 valence electrons. The molecule has 2 aromatic carbocycles. The lowest BCUT2D eigenvalue weighted by atomic mass is 10.0. The monoisotopic (exact) mass is 360 g/mol. The minimum atomic E-state index is -4.48. The number of carbonyl (C=O) groups is 1. The molecular formula is C18H15F3N4O. The Hall–Kier alpha value is -3.16. The molecule has 0 aliphatic heterocycles. The molecule has 0 fully saturated rings. The number of carbonyl (C=O) groups excluding carboxylic acids is 1. The smallest absolute Gasteiger partial charge is 0.346 e. The molecule has 8 heteroatoms. The van der Waals surface area contributed by atoms with Crippen LogP contribution < -0.4 is 5.32 Å². The molecule has 26 heavy (non-hydrogen) atoms. The van der Waals surface area contributed by atoms with Crippen LogP contribution in [-0.2, 0) is 6.18 Å². The van der Waals surface area contributed by atoms with E-state index in [1.54, 1.807) is 28.8 Å². The first-order chi connectivity index (χ1) is 12.4. The van der Waals surface area contributed by atoms with Crippen LogP contribution in [-0.4, -0.2) is 20.7 Å². The van der Waals surface area contributed by atoms with Gasteiger partial charge in [-0.1, -0.05) is 24.3 Å². The quantitative estimate of drug-likeness (QED) is 0.770. The van der Waals surface area contributed by atoms with Crippen molar-refractivity contribution in [3.63, 3.8) is 0 Å². The lowest BCUT2D eigenvalue weighted by Gasteiger charge is -2.19. The highest BCUT2D eigenvalue weighted by Gasteiger charge is 2.34. The maximum atomic E-state index is 13.2. The van der Waals surface area contributed by atoms with Gasteiger partial charge in [0.2, 0.25) is 0 Å². The Morgan fingerprint density at radius 2 is 1.77 bits per heavy atom. The number of halogens is 3. The first-order valence-electron chi connectivity index (χ1n) is 7.78. The number of nitrogens with zero attached hydrogens (tertiary/aromatic N) is 3. The Bertz CT molecular complexity index is 907.